The van der Waals surface area contributed by atoms with E-state index < -0.39 is 99.0 Å². The molecule has 1 aromatic heterocycles. The fourth-order valence-electron chi connectivity index (χ4n) is 8.78. The van der Waals surface area contributed by atoms with Gasteiger partial charge in [-0.2, -0.15) is 13.2 Å². The molecular weight excluding hydrogens is 803 g/mol. The van der Waals surface area contributed by atoms with Crippen molar-refractivity contribution in [3.8, 4) is 11.6 Å². The number of hydrogen-bond donors (Lipinski definition) is 3. The van der Waals surface area contributed by atoms with Crippen molar-refractivity contribution in [2.24, 2.45) is 17.8 Å². The number of alkyl halides is 4. The lowest BCUT2D eigenvalue weighted by atomic mass is 9.84. The van der Waals surface area contributed by atoms with Gasteiger partial charge in [-0.05, 0) is 70.3 Å². The number of methoxy groups -OCH3 is 1. The van der Waals surface area contributed by atoms with E-state index in [1.165, 1.54) is 13.3 Å². The molecular formula is C40H51F4N5O9S. The summed E-state index contributed by atoms with van der Waals surface area (Å²) in [6, 6.07) is 3.85. The zero-order valence-electron chi connectivity index (χ0n) is 33.6. The fraction of sp³-hybridized carbons (Fsp3) is 0.625. The van der Waals surface area contributed by atoms with Gasteiger partial charge in [0, 0.05) is 23.1 Å². The van der Waals surface area contributed by atoms with Crippen LogP contribution in [0.25, 0.3) is 10.8 Å². The number of carbonyl (C=O) groups excluding carboxylic acids is 3. The number of nitrogens with zero attached hydrogens (tertiary/aromatic N) is 3. The maximum atomic E-state index is 15.1. The molecule has 59 heavy (non-hydrogen) atoms. The van der Waals surface area contributed by atoms with Crippen LogP contribution in [0.3, 0.4) is 0 Å². The summed E-state index contributed by atoms with van der Waals surface area (Å²) in [6.07, 6.45) is -3.24. The molecule has 19 heteroatoms. The number of fused-ring (bicyclic) bond motifs is 3. The topological polar surface area (TPSA) is 185 Å². The Morgan fingerprint density at radius 3 is 2.41 bits per heavy atom. The zero-order valence-corrected chi connectivity index (χ0v) is 34.4. The van der Waals surface area contributed by atoms with E-state index in [1.54, 1.807) is 43.3 Å². The minimum Gasteiger partial charge on any atom is -0.494 e. The Hall–Kier alpha value is -4.68. The number of pyridine rings is 1. The summed E-state index contributed by atoms with van der Waals surface area (Å²) in [7, 11) is -3.02. The normalized spacial score (nSPS) is 29.2. The summed E-state index contributed by atoms with van der Waals surface area (Å²) < 4.78 is 94.3. The number of halogens is 4. The lowest BCUT2D eigenvalue weighted by Crippen LogP contribution is -2.63. The van der Waals surface area contributed by atoms with Gasteiger partial charge in [-0.1, -0.05) is 44.2 Å². The van der Waals surface area contributed by atoms with Gasteiger partial charge in [-0.15, -0.1) is 0 Å². The lowest BCUT2D eigenvalue weighted by molar-refractivity contribution is -0.166. The van der Waals surface area contributed by atoms with Gasteiger partial charge in [0.05, 0.1) is 31.8 Å². The smallest absolute Gasteiger partial charge is 0.408 e. The maximum Gasteiger partial charge on any atom is 0.408 e. The average Bonchev–Trinajstić information content (AvgIpc) is 4.05. The second-order valence-electron chi connectivity index (χ2n) is 17.2. The van der Waals surface area contributed by atoms with Gasteiger partial charge in [-0.25, -0.2) is 22.6 Å². The average molecular weight is 854 g/mol. The zero-order chi connectivity index (χ0) is 43.3. The summed E-state index contributed by atoms with van der Waals surface area (Å²) >= 11 is 0. The Morgan fingerprint density at radius 1 is 1.12 bits per heavy atom. The van der Waals surface area contributed by atoms with E-state index in [0.29, 0.717) is 34.3 Å². The standard InChI is InChI=1S/C40H51F4N5O9S/c1-23-10-6-7-11-25-18-39(25,35(52)47-59(55,56)38(22-41)14-15-38)46-32(50)29-17-26(58-33-28-13-9-8-12-27(28)30(57-5)19-45-33)20-48(29)34(51)31(24(2)16-23)49(36(53)54)37(3,4)21-40(42,43)44/h7-9,11-13,19,23-26,29,31H,6,10,14-18,20-22H2,1-5H3,(H,46,50)(H,47,52)(H,53,54)/b11-7-/t23-,24+,25+,26+,29-,31-,39+/m0/s1. The van der Waals surface area contributed by atoms with Gasteiger partial charge < -0.3 is 24.8 Å². The van der Waals surface area contributed by atoms with E-state index in [9.17, 15) is 45.5 Å². The van der Waals surface area contributed by atoms with Crippen molar-refractivity contribution in [2.45, 2.75) is 119 Å². The number of nitrogens with one attached hydrogen (secondary N) is 2. The SMILES string of the molecule is COc1cnc(O[C@@H]2C[C@H]3C(=O)N[C@]4(C(=O)NS(=O)(=O)C5(CF)CC5)C[C@H]4/C=C\CC[C@H](C)C[C@@H](C)[C@H](N(C(=O)O)C(C)(C)CC(F)(F)F)C(=O)N3C2)c2ccccc12. The van der Waals surface area contributed by atoms with Gasteiger partial charge >= 0.3 is 12.3 Å². The molecule has 2 saturated carbocycles. The lowest BCUT2D eigenvalue weighted by Gasteiger charge is -2.45. The third kappa shape index (κ3) is 8.80. The Morgan fingerprint density at radius 2 is 1.80 bits per heavy atom. The van der Waals surface area contributed by atoms with Gasteiger partial charge in [0.25, 0.3) is 5.91 Å². The molecule has 3 heterocycles. The Labute approximate surface area is 340 Å². The van der Waals surface area contributed by atoms with Crippen molar-refractivity contribution in [3.63, 3.8) is 0 Å². The quantitative estimate of drug-likeness (QED) is 0.204. The maximum absolute atomic E-state index is 15.1. The van der Waals surface area contributed by atoms with Gasteiger partial charge in [0.15, 0.2) is 0 Å². The molecule has 2 aromatic rings. The highest BCUT2D eigenvalue weighted by molar-refractivity contribution is 7.91. The molecule has 4 aliphatic rings. The van der Waals surface area contributed by atoms with Crippen molar-refractivity contribution >= 4 is 44.6 Å². The molecule has 1 aromatic carbocycles. The number of ether oxygens (including phenoxy) is 2. The van der Waals surface area contributed by atoms with Crippen LogP contribution >= 0.6 is 0 Å². The van der Waals surface area contributed by atoms with Crippen LogP contribution in [0.15, 0.2) is 42.6 Å². The fourth-order valence-corrected chi connectivity index (χ4v) is 10.2. The van der Waals surface area contributed by atoms with Crippen LogP contribution in [0.4, 0.5) is 22.4 Å². The summed E-state index contributed by atoms with van der Waals surface area (Å²) in [4.78, 5) is 62.7. The Bertz CT molecular complexity index is 2110. The number of carboxylic acid groups (broad SMARTS) is 1. The van der Waals surface area contributed by atoms with E-state index >= 15 is 4.79 Å². The first kappa shape index (κ1) is 43.9. The van der Waals surface area contributed by atoms with Gasteiger partial charge in [0.2, 0.25) is 27.7 Å². The number of allylic oxidation sites excluding steroid dienone is 1. The number of carbonyl (C=O) groups is 4. The van der Waals surface area contributed by atoms with Crippen LogP contribution < -0.4 is 19.5 Å². The van der Waals surface area contributed by atoms with Crippen molar-refractivity contribution in [2.75, 3.05) is 20.3 Å². The highest BCUT2D eigenvalue weighted by atomic mass is 32.2. The second kappa shape index (κ2) is 16.1. The number of amides is 4. The molecule has 4 amide bonds. The van der Waals surface area contributed by atoms with E-state index in [-0.39, 0.29) is 50.4 Å². The van der Waals surface area contributed by atoms with Crippen molar-refractivity contribution in [1.82, 2.24) is 24.8 Å². The van der Waals surface area contributed by atoms with Crippen LogP contribution in [0.5, 0.6) is 11.6 Å². The molecule has 324 valence electrons. The molecule has 3 N–H and O–H groups in total. The molecule has 0 spiro atoms. The summed E-state index contributed by atoms with van der Waals surface area (Å²) in [6.45, 7) is 4.11. The first-order valence-electron chi connectivity index (χ1n) is 19.7. The molecule has 2 aliphatic heterocycles. The minimum atomic E-state index is -4.81. The van der Waals surface area contributed by atoms with E-state index in [4.69, 9.17) is 9.47 Å². The summed E-state index contributed by atoms with van der Waals surface area (Å²) in [5.41, 5.74) is -3.95. The number of sulfonamides is 1. The predicted molar refractivity (Wildman–Crippen MR) is 207 cm³/mol. The van der Waals surface area contributed by atoms with Gasteiger partial charge in [0.1, 0.15) is 40.9 Å². The number of rotatable bonds is 10. The molecule has 14 nitrogen and oxygen atoms in total. The third-order valence-electron chi connectivity index (χ3n) is 12.2. The Kier molecular flexibility index (Phi) is 11.9. The number of hydrogen-bond acceptors (Lipinski definition) is 9. The first-order chi connectivity index (χ1) is 27.6. The second-order valence-corrected chi connectivity index (χ2v) is 19.3. The highest BCUT2D eigenvalue weighted by Gasteiger charge is 2.64. The van der Waals surface area contributed by atoms with E-state index in [1.807, 2.05) is 11.6 Å². The van der Waals surface area contributed by atoms with Crippen molar-refractivity contribution < 1.29 is 59.7 Å². The van der Waals surface area contributed by atoms with Crippen LogP contribution in [-0.2, 0) is 24.4 Å². The van der Waals surface area contributed by atoms with E-state index in [0.717, 1.165) is 18.7 Å². The summed E-state index contributed by atoms with van der Waals surface area (Å²) in [5, 5.41) is 14.5. The molecule has 6 rings (SSSR count). The Balaban J connectivity index is 1.42. The first-order valence-corrected chi connectivity index (χ1v) is 21.2. The molecule has 3 fully saturated rings. The molecule has 7 atom stereocenters. The van der Waals surface area contributed by atoms with Crippen LogP contribution in [0.1, 0.15) is 79.1 Å². The predicted octanol–water partition coefficient (Wildman–Crippen LogP) is 5.51. The summed E-state index contributed by atoms with van der Waals surface area (Å²) in [5.74, 6) is -4.04. The van der Waals surface area contributed by atoms with Crippen molar-refractivity contribution in [1.29, 1.82) is 0 Å². The largest absolute Gasteiger partial charge is 0.494 e. The number of benzene rings is 1. The molecule has 0 unspecified atom stereocenters. The minimum absolute atomic E-state index is 0.0125. The number of aromatic nitrogens is 1. The molecule has 0 radical (unpaired) electrons. The van der Waals surface area contributed by atoms with Crippen LogP contribution in [0, 0.1) is 17.8 Å². The van der Waals surface area contributed by atoms with Gasteiger partial charge in [-0.3, -0.25) is 24.0 Å². The monoisotopic (exact) mass is 853 g/mol. The van der Waals surface area contributed by atoms with Crippen molar-refractivity contribution in [3.05, 3.63) is 42.6 Å². The molecule has 2 aliphatic carbocycles. The molecule has 1 saturated heterocycles. The van der Waals surface area contributed by atoms with Crippen LogP contribution in [-0.4, -0.2) is 113 Å². The molecule has 0 bridgehead atoms. The third-order valence-corrected chi connectivity index (χ3v) is 14.3. The van der Waals surface area contributed by atoms with Crippen LogP contribution in [0.2, 0.25) is 0 Å². The van der Waals surface area contributed by atoms with E-state index in [2.05, 4.69) is 10.3 Å². The highest BCUT2D eigenvalue weighted by Crippen LogP contribution is 2.48.